The van der Waals surface area contributed by atoms with Gasteiger partial charge in [0.25, 0.3) is 0 Å². The van der Waals surface area contributed by atoms with Gasteiger partial charge in [-0.05, 0) is 60.7 Å². The van der Waals surface area contributed by atoms with E-state index in [1.807, 2.05) is 26.0 Å². The molecule has 1 heterocycles. The summed E-state index contributed by atoms with van der Waals surface area (Å²) in [5.41, 5.74) is 1.95. The second kappa shape index (κ2) is 8.78. The number of benzene rings is 2. The number of hydrogen-bond donors (Lipinski definition) is 0. The molecule has 0 radical (unpaired) electrons. The molecule has 1 aromatic heterocycles. The van der Waals surface area contributed by atoms with E-state index >= 15 is 0 Å². The molecule has 0 N–H and O–H groups in total. The van der Waals surface area contributed by atoms with Crippen LogP contribution in [0.5, 0.6) is 17.2 Å². The van der Waals surface area contributed by atoms with Crippen LogP contribution in [0.3, 0.4) is 0 Å². The average molecular weight is 394 g/mol. The van der Waals surface area contributed by atoms with Gasteiger partial charge in [-0.3, -0.25) is 4.98 Å². The third-order valence-corrected chi connectivity index (χ3v) is 4.57. The second-order valence-electron chi connectivity index (χ2n) is 6.91. The van der Waals surface area contributed by atoms with E-state index in [0.29, 0.717) is 28.5 Å². The molecule has 3 rings (SSSR count). The summed E-state index contributed by atoms with van der Waals surface area (Å²) in [6.07, 6.45) is 2.15. The van der Waals surface area contributed by atoms with E-state index in [-0.39, 0.29) is 24.8 Å². The summed E-state index contributed by atoms with van der Waals surface area (Å²) in [7, 11) is 3.12. The molecule has 0 saturated heterocycles. The van der Waals surface area contributed by atoms with Crippen LogP contribution in [0.25, 0.3) is 10.8 Å². The first kappa shape index (κ1) is 20.4. The van der Waals surface area contributed by atoms with Crippen LogP contribution < -0.4 is 14.2 Å². The highest BCUT2D eigenvalue weighted by molar-refractivity contribution is 5.91. The van der Waals surface area contributed by atoms with Crippen LogP contribution in [0.4, 0.5) is 4.39 Å². The lowest BCUT2D eigenvalue weighted by Gasteiger charge is -2.15. The lowest BCUT2D eigenvalue weighted by molar-refractivity contribution is 0.242. The SMILES string of the molecule is COc1cc2c(CC#N)cnc(Cc3cc(OC(C)C)ccc3F)c2cc1OC. The van der Waals surface area contributed by atoms with E-state index in [0.717, 1.165) is 16.3 Å². The van der Waals surface area contributed by atoms with Gasteiger partial charge in [0.2, 0.25) is 0 Å². The maximum Gasteiger partial charge on any atom is 0.161 e. The van der Waals surface area contributed by atoms with Crippen molar-refractivity contribution in [3.63, 3.8) is 0 Å². The number of methoxy groups -OCH3 is 2. The first-order valence-electron chi connectivity index (χ1n) is 9.31. The van der Waals surface area contributed by atoms with Gasteiger partial charge in [0, 0.05) is 18.0 Å². The van der Waals surface area contributed by atoms with Crippen LogP contribution in [0.2, 0.25) is 0 Å². The molecule has 0 atom stereocenters. The predicted octanol–water partition coefficient (Wildman–Crippen LogP) is 4.84. The summed E-state index contributed by atoms with van der Waals surface area (Å²) in [6, 6.07) is 10.5. The van der Waals surface area contributed by atoms with Crippen LogP contribution in [0.15, 0.2) is 36.5 Å². The van der Waals surface area contributed by atoms with Crippen molar-refractivity contribution in [3.8, 4) is 23.3 Å². The largest absolute Gasteiger partial charge is 0.493 e. The quantitative estimate of drug-likeness (QED) is 0.574. The van der Waals surface area contributed by atoms with Gasteiger partial charge in [-0.15, -0.1) is 0 Å². The van der Waals surface area contributed by atoms with E-state index in [1.54, 1.807) is 32.5 Å². The molecular weight excluding hydrogens is 371 g/mol. The lowest BCUT2D eigenvalue weighted by Crippen LogP contribution is -2.06. The Morgan fingerprint density at radius 3 is 2.34 bits per heavy atom. The molecule has 0 aliphatic heterocycles. The van der Waals surface area contributed by atoms with Crippen LogP contribution in [-0.2, 0) is 12.8 Å². The van der Waals surface area contributed by atoms with Crippen molar-refractivity contribution in [1.82, 2.24) is 4.98 Å². The van der Waals surface area contributed by atoms with Gasteiger partial charge >= 0.3 is 0 Å². The van der Waals surface area contributed by atoms with Crippen molar-refractivity contribution in [2.45, 2.75) is 32.8 Å². The van der Waals surface area contributed by atoms with Gasteiger partial charge in [-0.2, -0.15) is 5.26 Å². The Morgan fingerprint density at radius 1 is 1.03 bits per heavy atom. The standard InChI is InChI=1S/C23H23FN2O3/c1-14(2)29-17-5-6-20(24)16(9-17)10-21-19-12-23(28-4)22(27-3)11-18(19)15(7-8-25)13-26-21/h5-6,9,11-14H,7,10H2,1-4H3. The van der Waals surface area contributed by atoms with Crippen molar-refractivity contribution in [2.75, 3.05) is 14.2 Å². The van der Waals surface area contributed by atoms with Gasteiger partial charge in [-0.1, -0.05) is 0 Å². The molecule has 6 heteroatoms. The minimum Gasteiger partial charge on any atom is -0.493 e. The van der Waals surface area contributed by atoms with Gasteiger partial charge in [0.05, 0.1) is 38.5 Å². The number of fused-ring (bicyclic) bond motifs is 1. The summed E-state index contributed by atoms with van der Waals surface area (Å²) in [6.45, 7) is 3.84. The average Bonchev–Trinajstić information content (AvgIpc) is 2.70. The first-order chi connectivity index (χ1) is 14.0. The number of aromatic nitrogens is 1. The van der Waals surface area contributed by atoms with E-state index in [1.165, 1.54) is 6.07 Å². The molecule has 2 aromatic carbocycles. The minimum atomic E-state index is -0.322. The highest BCUT2D eigenvalue weighted by Crippen LogP contribution is 2.35. The molecule has 0 amide bonds. The van der Waals surface area contributed by atoms with Crippen molar-refractivity contribution >= 4 is 10.8 Å². The number of pyridine rings is 1. The second-order valence-corrected chi connectivity index (χ2v) is 6.91. The maximum absolute atomic E-state index is 14.5. The molecule has 0 bridgehead atoms. The number of rotatable bonds is 7. The number of hydrogen-bond acceptors (Lipinski definition) is 5. The van der Waals surface area contributed by atoms with Crippen molar-refractivity contribution in [3.05, 3.63) is 59.2 Å². The topological polar surface area (TPSA) is 64.4 Å². The van der Waals surface area contributed by atoms with E-state index in [4.69, 9.17) is 19.5 Å². The highest BCUT2D eigenvalue weighted by Gasteiger charge is 2.15. The zero-order valence-corrected chi connectivity index (χ0v) is 17.0. The fraction of sp³-hybridized carbons (Fsp3) is 0.304. The Hall–Kier alpha value is -3.33. The van der Waals surface area contributed by atoms with Crippen molar-refractivity contribution < 1.29 is 18.6 Å². The third-order valence-electron chi connectivity index (χ3n) is 4.57. The molecular formula is C23H23FN2O3. The van der Waals surface area contributed by atoms with Gasteiger partial charge in [-0.25, -0.2) is 4.39 Å². The fourth-order valence-corrected chi connectivity index (χ4v) is 3.26. The number of nitrogens with zero attached hydrogens (tertiary/aromatic N) is 2. The Kier molecular flexibility index (Phi) is 6.18. The molecule has 150 valence electrons. The third kappa shape index (κ3) is 4.40. The molecule has 3 aromatic rings. The summed E-state index contributed by atoms with van der Waals surface area (Å²) in [5.74, 6) is 1.41. The predicted molar refractivity (Wildman–Crippen MR) is 109 cm³/mol. The van der Waals surface area contributed by atoms with Crippen LogP contribution in [0, 0.1) is 17.1 Å². The number of halogens is 1. The Labute approximate surface area is 169 Å². The highest BCUT2D eigenvalue weighted by atomic mass is 19.1. The van der Waals surface area contributed by atoms with E-state index < -0.39 is 0 Å². The molecule has 5 nitrogen and oxygen atoms in total. The zero-order chi connectivity index (χ0) is 21.0. The molecule has 0 aliphatic rings. The summed E-state index contributed by atoms with van der Waals surface area (Å²) in [5, 5.41) is 10.8. The van der Waals surface area contributed by atoms with Crippen molar-refractivity contribution in [1.29, 1.82) is 5.26 Å². The maximum atomic E-state index is 14.5. The van der Waals surface area contributed by atoms with Crippen molar-refractivity contribution in [2.24, 2.45) is 0 Å². The number of ether oxygens (including phenoxy) is 3. The smallest absolute Gasteiger partial charge is 0.161 e. The summed E-state index contributed by atoms with van der Waals surface area (Å²) in [4.78, 5) is 4.53. The normalized spacial score (nSPS) is 10.8. The van der Waals surface area contributed by atoms with Gasteiger partial charge in [0.1, 0.15) is 11.6 Å². The fourth-order valence-electron chi connectivity index (χ4n) is 3.26. The zero-order valence-electron chi connectivity index (χ0n) is 17.0. The first-order valence-corrected chi connectivity index (χ1v) is 9.31. The van der Waals surface area contributed by atoms with Gasteiger partial charge < -0.3 is 14.2 Å². The summed E-state index contributed by atoms with van der Waals surface area (Å²) >= 11 is 0. The molecule has 0 fully saturated rings. The Bertz CT molecular complexity index is 1070. The Morgan fingerprint density at radius 2 is 1.72 bits per heavy atom. The molecule has 0 unspecified atom stereocenters. The number of nitriles is 1. The molecule has 0 aliphatic carbocycles. The summed E-state index contributed by atoms with van der Waals surface area (Å²) < 4.78 is 31.0. The Balaban J connectivity index is 2.13. The van der Waals surface area contributed by atoms with Crippen LogP contribution >= 0.6 is 0 Å². The van der Waals surface area contributed by atoms with E-state index in [2.05, 4.69) is 11.1 Å². The molecule has 0 saturated carbocycles. The molecule has 29 heavy (non-hydrogen) atoms. The monoisotopic (exact) mass is 394 g/mol. The van der Waals surface area contributed by atoms with Crippen LogP contribution in [0.1, 0.15) is 30.7 Å². The van der Waals surface area contributed by atoms with E-state index in [9.17, 15) is 4.39 Å². The van der Waals surface area contributed by atoms with Gasteiger partial charge in [0.15, 0.2) is 11.5 Å². The minimum absolute atomic E-state index is 0.00532. The lowest BCUT2D eigenvalue weighted by atomic mass is 9.98. The molecule has 0 spiro atoms. The van der Waals surface area contributed by atoms with Crippen LogP contribution in [-0.4, -0.2) is 25.3 Å².